The smallest absolute Gasteiger partial charge is 0.198 e. The second-order valence-electron chi connectivity index (χ2n) is 9.21. The molecule has 156 valence electrons. The third kappa shape index (κ3) is 5.05. The highest BCUT2D eigenvalue weighted by Gasteiger charge is 2.21. The van der Waals surface area contributed by atoms with E-state index in [-0.39, 0.29) is 5.41 Å². The Hall–Kier alpha value is -2.74. The van der Waals surface area contributed by atoms with Gasteiger partial charge in [0.1, 0.15) is 6.54 Å². The molecule has 2 heterocycles. The standard InChI is InChI=1S/C28H36N2/c1-7-8-17-29-18-12-11-15-27(29)26-14-10-9-13-24(26)20-22(2)30-19-16-25(21-23(30)3)28(4,5)6/h9-16,18-19,21H,2,7-8,17,20H2,1,3-6H3/q+2. The fourth-order valence-corrected chi connectivity index (χ4v) is 3.91. The van der Waals surface area contributed by atoms with Gasteiger partial charge in [-0.1, -0.05) is 52.3 Å². The fraction of sp³-hybridized carbons (Fsp3) is 0.357. The zero-order chi connectivity index (χ0) is 21.7. The van der Waals surface area contributed by atoms with E-state index in [2.05, 4.69) is 117 Å². The third-order valence-electron chi connectivity index (χ3n) is 5.74. The van der Waals surface area contributed by atoms with Crippen molar-refractivity contribution >= 4 is 5.70 Å². The maximum atomic E-state index is 4.44. The van der Waals surface area contributed by atoms with Crippen molar-refractivity contribution in [3.05, 3.63) is 90.4 Å². The molecular formula is C28H36N2+2. The van der Waals surface area contributed by atoms with Crippen LogP contribution in [0, 0.1) is 6.92 Å². The molecule has 3 aromatic rings. The summed E-state index contributed by atoms with van der Waals surface area (Å²) in [5, 5.41) is 0. The Morgan fingerprint density at radius 2 is 1.70 bits per heavy atom. The van der Waals surface area contributed by atoms with Crippen molar-refractivity contribution in [3.63, 3.8) is 0 Å². The van der Waals surface area contributed by atoms with Gasteiger partial charge >= 0.3 is 0 Å². The van der Waals surface area contributed by atoms with Gasteiger partial charge in [0.2, 0.25) is 5.69 Å². The van der Waals surface area contributed by atoms with Crippen molar-refractivity contribution in [1.82, 2.24) is 0 Å². The van der Waals surface area contributed by atoms with Crippen LogP contribution in [-0.2, 0) is 18.4 Å². The average molecular weight is 401 g/mol. The molecule has 2 aromatic heterocycles. The van der Waals surface area contributed by atoms with Crippen LogP contribution in [0.3, 0.4) is 0 Å². The Balaban J connectivity index is 1.92. The van der Waals surface area contributed by atoms with Gasteiger partial charge in [0, 0.05) is 43.2 Å². The van der Waals surface area contributed by atoms with Gasteiger partial charge in [-0.05, 0) is 35.3 Å². The first-order valence-electron chi connectivity index (χ1n) is 11.1. The molecule has 0 amide bonds. The van der Waals surface area contributed by atoms with Crippen molar-refractivity contribution in [2.45, 2.75) is 65.8 Å². The second kappa shape index (κ2) is 9.38. The molecule has 2 nitrogen and oxygen atoms in total. The van der Waals surface area contributed by atoms with E-state index in [9.17, 15) is 0 Å². The van der Waals surface area contributed by atoms with Gasteiger partial charge in [-0.3, -0.25) is 0 Å². The van der Waals surface area contributed by atoms with Crippen molar-refractivity contribution in [3.8, 4) is 11.3 Å². The van der Waals surface area contributed by atoms with Crippen LogP contribution >= 0.6 is 0 Å². The molecule has 30 heavy (non-hydrogen) atoms. The Labute approximate surface area is 182 Å². The molecule has 0 aliphatic carbocycles. The van der Waals surface area contributed by atoms with Gasteiger partial charge < -0.3 is 0 Å². The number of pyridine rings is 2. The van der Waals surface area contributed by atoms with Crippen LogP contribution in [0.1, 0.15) is 57.4 Å². The Morgan fingerprint density at radius 1 is 0.967 bits per heavy atom. The van der Waals surface area contributed by atoms with Gasteiger partial charge in [0.25, 0.3) is 0 Å². The SMILES string of the molecule is C=C(Cc1ccccc1-c1cccc[n+]1CCCC)[n+]1ccc(C(C)(C)C)cc1C. The molecule has 0 N–H and O–H groups in total. The number of aryl methyl sites for hydroxylation is 2. The number of aromatic nitrogens is 2. The minimum Gasteiger partial charge on any atom is -0.198 e. The van der Waals surface area contributed by atoms with Gasteiger partial charge in [-0.25, -0.2) is 0 Å². The Bertz CT molecular complexity index is 1020. The fourth-order valence-electron chi connectivity index (χ4n) is 3.91. The van der Waals surface area contributed by atoms with E-state index < -0.39 is 0 Å². The first kappa shape index (κ1) is 22.0. The Morgan fingerprint density at radius 3 is 2.40 bits per heavy atom. The number of nitrogens with zero attached hydrogens (tertiary/aromatic N) is 2. The summed E-state index contributed by atoms with van der Waals surface area (Å²) in [5.74, 6) is 0. The van der Waals surface area contributed by atoms with Crippen LogP contribution in [-0.4, -0.2) is 0 Å². The summed E-state index contributed by atoms with van der Waals surface area (Å²) in [6, 6.07) is 19.7. The minimum absolute atomic E-state index is 0.150. The molecule has 0 unspecified atom stereocenters. The molecule has 3 rings (SSSR count). The van der Waals surface area contributed by atoms with E-state index in [0.29, 0.717) is 0 Å². The molecule has 0 fully saturated rings. The highest BCUT2D eigenvalue weighted by Crippen LogP contribution is 2.24. The zero-order valence-corrected chi connectivity index (χ0v) is 19.3. The number of rotatable bonds is 7. The lowest BCUT2D eigenvalue weighted by atomic mass is 9.87. The molecular weight excluding hydrogens is 364 g/mol. The summed E-state index contributed by atoms with van der Waals surface area (Å²) in [5.41, 5.74) is 7.70. The Kier molecular flexibility index (Phi) is 6.87. The normalized spacial score (nSPS) is 11.5. The van der Waals surface area contributed by atoms with Crippen molar-refractivity contribution < 1.29 is 9.13 Å². The summed E-state index contributed by atoms with van der Waals surface area (Å²) >= 11 is 0. The maximum Gasteiger partial charge on any atom is 0.212 e. The summed E-state index contributed by atoms with van der Waals surface area (Å²) in [6.45, 7) is 16.7. The van der Waals surface area contributed by atoms with E-state index >= 15 is 0 Å². The molecule has 2 heteroatoms. The number of benzene rings is 1. The van der Waals surface area contributed by atoms with Crippen molar-refractivity contribution in [2.24, 2.45) is 0 Å². The monoisotopic (exact) mass is 400 g/mol. The van der Waals surface area contributed by atoms with E-state index in [1.165, 1.54) is 40.9 Å². The van der Waals surface area contributed by atoms with Crippen LogP contribution in [0.5, 0.6) is 0 Å². The van der Waals surface area contributed by atoms with E-state index in [1.807, 2.05) is 0 Å². The topological polar surface area (TPSA) is 7.76 Å². The molecule has 0 atom stereocenters. The zero-order valence-electron chi connectivity index (χ0n) is 19.3. The predicted molar refractivity (Wildman–Crippen MR) is 126 cm³/mol. The lowest BCUT2D eigenvalue weighted by Crippen LogP contribution is -2.37. The molecule has 0 bridgehead atoms. The molecule has 0 radical (unpaired) electrons. The van der Waals surface area contributed by atoms with Crippen molar-refractivity contribution in [2.75, 3.05) is 0 Å². The molecule has 0 aliphatic heterocycles. The molecule has 0 spiro atoms. The number of allylic oxidation sites excluding steroid dienone is 1. The average Bonchev–Trinajstić information content (AvgIpc) is 2.72. The molecule has 0 saturated heterocycles. The molecule has 0 saturated carbocycles. The van der Waals surface area contributed by atoms with Crippen LogP contribution in [0.15, 0.2) is 73.6 Å². The highest BCUT2D eigenvalue weighted by molar-refractivity contribution is 5.63. The van der Waals surface area contributed by atoms with Gasteiger partial charge in [0.15, 0.2) is 23.8 Å². The summed E-state index contributed by atoms with van der Waals surface area (Å²) in [4.78, 5) is 0. The first-order valence-corrected chi connectivity index (χ1v) is 11.1. The number of hydrogen-bond acceptors (Lipinski definition) is 0. The van der Waals surface area contributed by atoms with E-state index in [0.717, 1.165) is 18.7 Å². The summed E-state index contributed by atoms with van der Waals surface area (Å²) < 4.78 is 4.60. The highest BCUT2D eigenvalue weighted by atomic mass is 15.0. The van der Waals surface area contributed by atoms with E-state index in [4.69, 9.17) is 0 Å². The van der Waals surface area contributed by atoms with Crippen LogP contribution < -0.4 is 9.13 Å². The predicted octanol–water partition coefficient (Wildman–Crippen LogP) is 6.05. The van der Waals surface area contributed by atoms with Gasteiger partial charge in [-0.15, -0.1) is 0 Å². The van der Waals surface area contributed by atoms with Crippen LogP contribution in [0.4, 0.5) is 0 Å². The largest absolute Gasteiger partial charge is 0.212 e. The maximum absolute atomic E-state index is 4.44. The van der Waals surface area contributed by atoms with Crippen molar-refractivity contribution in [1.29, 1.82) is 0 Å². The minimum atomic E-state index is 0.150. The first-order chi connectivity index (χ1) is 14.3. The number of unbranched alkanes of at least 4 members (excludes halogenated alkanes) is 1. The third-order valence-corrected chi connectivity index (χ3v) is 5.74. The lowest BCUT2D eigenvalue weighted by molar-refractivity contribution is -0.686. The lowest BCUT2D eigenvalue weighted by Gasteiger charge is -2.18. The summed E-state index contributed by atoms with van der Waals surface area (Å²) in [6.07, 6.45) is 7.57. The quantitative estimate of drug-likeness (QED) is 0.427. The van der Waals surface area contributed by atoms with Crippen LogP contribution in [0.2, 0.25) is 0 Å². The second-order valence-corrected chi connectivity index (χ2v) is 9.21. The molecule has 1 aromatic carbocycles. The van der Waals surface area contributed by atoms with Gasteiger partial charge in [0.05, 0.1) is 6.42 Å². The molecule has 0 aliphatic rings. The van der Waals surface area contributed by atoms with Crippen LogP contribution in [0.25, 0.3) is 17.0 Å². The summed E-state index contributed by atoms with van der Waals surface area (Å²) in [7, 11) is 0. The number of hydrogen-bond donors (Lipinski definition) is 0. The van der Waals surface area contributed by atoms with Gasteiger partial charge in [-0.2, -0.15) is 9.13 Å². The van der Waals surface area contributed by atoms with E-state index in [1.54, 1.807) is 0 Å².